The maximum atomic E-state index is 11.7. The summed E-state index contributed by atoms with van der Waals surface area (Å²) in [7, 11) is 0. The van der Waals surface area contributed by atoms with Gasteiger partial charge < -0.3 is 19.7 Å². The predicted molar refractivity (Wildman–Crippen MR) is 98.8 cm³/mol. The van der Waals surface area contributed by atoms with Gasteiger partial charge in [-0.2, -0.15) is 0 Å². The topological polar surface area (TPSA) is 50.8 Å². The van der Waals surface area contributed by atoms with E-state index in [0.717, 1.165) is 31.5 Å². The molecule has 0 aliphatic carbocycles. The fourth-order valence-electron chi connectivity index (χ4n) is 3.25. The number of thiocarbonyl (C=S) groups is 1. The zero-order chi connectivity index (χ0) is 16.6. The van der Waals surface area contributed by atoms with Crippen molar-refractivity contribution in [1.82, 2.24) is 5.32 Å². The zero-order valence-electron chi connectivity index (χ0n) is 13.1. The van der Waals surface area contributed by atoms with E-state index < -0.39 is 0 Å². The first-order valence-corrected chi connectivity index (χ1v) is 9.24. The van der Waals surface area contributed by atoms with Gasteiger partial charge in [-0.05, 0) is 23.8 Å². The van der Waals surface area contributed by atoms with E-state index in [-0.39, 0.29) is 11.7 Å². The highest BCUT2D eigenvalue weighted by Gasteiger charge is 2.39. The normalized spacial score (nSPS) is 24.8. The highest BCUT2D eigenvalue weighted by Crippen LogP contribution is 2.33. The van der Waals surface area contributed by atoms with Crippen molar-refractivity contribution in [3.05, 3.63) is 34.7 Å². The number of ether oxygens (including phenoxy) is 2. The third-order valence-corrected chi connectivity index (χ3v) is 5.70. The monoisotopic (exact) mass is 362 g/mol. The third-order valence-electron chi connectivity index (χ3n) is 4.54. The van der Waals surface area contributed by atoms with Crippen molar-refractivity contribution in [2.75, 3.05) is 31.2 Å². The maximum Gasteiger partial charge on any atom is 0.263 e. The van der Waals surface area contributed by atoms with E-state index in [1.807, 2.05) is 18.2 Å². The molecule has 3 aliphatic heterocycles. The first-order valence-electron chi connectivity index (χ1n) is 8.01. The van der Waals surface area contributed by atoms with E-state index >= 15 is 0 Å². The minimum Gasteiger partial charge on any atom is -0.371 e. The van der Waals surface area contributed by atoms with Crippen LogP contribution in [0.1, 0.15) is 18.4 Å². The molecule has 7 heteroatoms. The first kappa shape index (κ1) is 16.1. The lowest BCUT2D eigenvalue weighted by Gasteiger charge is -2.38. The zero-order valence-corrected chi connectivity index (χ0v) is 14.8. The summed E-state index contributed by atoms with van der Waals surface area (Å²) in [6.45, 7) is 3.26. The van der Waals surface area contributed by atoms with Gasteiger partial charge in [0.1, 0.15) is 4.32 Å². The fourth-order valence-corrected chi connectivity index (χ4v) is 4.29. The summed E-state index contributed by atoms with van der Waals surface area (Å²) in [6, 6.07) is 8.25. The number of carbonyl (C=O) groups is 1. The summed E-state index contributed by atoms with van der Waals surface area (Å²) in [5.74, 6) is -0.459. The molecule has 126 valence electrons. The predicted octanol–water partition coefficient (Wildman–Crippen LogP) is 2.52. The van der Waals surface area contributed by atoms with Crippen molar-refractivity contribution >= 4 is 46.0 Å². The van der Waals surface area contributed by atoms with Gasteiger partial charge in [-0.1, -0.05) is 36.1 Å². The summed E-state index contributed by atoms with van der Waals surface area (Å²) >= 11 is 6.31. The average molecular weight is 362 g/mol. The maximum absolute atomic E-state index is 11.7. The molecule has 0 saturated carbocycles. The second-order valence-corrected chi connectivity index (χ2v) is 7.76. The summed E-state index contributed by atoms with van der Waals surface area (Å²) in [4.78, 5) is 14.7. The van der Waals surface area contributed by atoms with Gasteiger partial charge >= 0.3 is 0 Å². The van der Waals surface area contributed by atoms with E-state index in [0.29, 0.717) is 22.4 Å². The largest absolute Gasteiger partial charge is 0.371 e. The van der Waals surface area contributed by atoms with Gasteiger partial charge in [-0.3, -0.25) is 4.79 Å². The smallest absolute Gasteiger partial charge is 0.263 e. The molecule has 1 spiro atoms. The van der Waals surface area contributed by atoms with Crippen LogP contribution in [0.2, 0.25) is 0 Å². The van der Waals surface area contributed by atoms with Gasteiger partial charge in [0.15, 0.2) is 5.79 Å². The molecule has 0 aromatic heterocycles. The number of piperidine rings is 1. The molecule has 0 atom stereocenters. The van der Waals surface area contributed by atoms with Crippen LogP contribution in [0.25, 0.3) is 6.08 Å². The van der Waals surface area contributed by atoms with E-state index in [1.54, 1.807) is 0 Å². The molecule has 4 rings (SSSR count). The Hall–Kier alpha value is -1.41. The molecule has 1 aromatic rings. The van der Waals surface area contributed by atoms with Crippen LogP contribution in [0.4, 0.5) is 5.69 Å². The lowest BCUT2D eigenvalue weighted by atomic mass is 10.0. The SMILES string of the molecule is O=C1NC(=S)S/C1=C\c1ccc(N2CCC3(CC2)OCCO3)cc1. The quantitative estimate of drug-likeness (QED) is 0.644. The molecule has 24 heavy (non-hydrogen) atoms. The van der Waals surface area contributed by atoms with Gasteiger partial charge in [0.25, 0.3) is 5.91 Å². The minimum atomic E-state index is -0.341. The summed E-state index contributed by atoms with van der Waals surface area (Å²) in [6.07, 6.45) is 3.66. The molecule has 3 aliphatic rings. The molecule has 3 heterocycles. The van der Waals surface area contributed by atoms with Crippen LogP contribution < -0.4 is 10.2 Å². The standard InChI is InChI=1S/C17H18N2O3S2/c20-15-14(24-16(23)18-15)11-12-1-3-13(4-2-12)19-7-5-17(6-8-19)21-9-10-22-17/h1-4,11H,5-10H2,(H,18,20,23)/b14-11-. The van der Waals surface area contributed by atoms with Crippen LogP contribution in [-0.4, -0.2) is 42.3 Å². The van der Waals surface area contributed by atoms with Crippen LogP contribution in [0.15, 0.2) is 29.2 Å². The summed E-state index contributed by atoms with van der Waals surface area (Å²) in [5.41, 5.74) is 2.18. The highest BCUT2D eigenvalue weighted by atomic mass is 32.2. The van der Waals surface area contributed by atoms with E-state index in [2.05, 4.69) is 22.3 Å². The Kier molecular flexibility index (Phi) is 4.34. The number of hydrogen-bond acceptors (Lipinski definition) is 6. The van der Waals surface area contributed by atoms with Crippen molar-refractivity contribution in [2.24, 2.45) is 0 Å². The number of nitrogens with zero attached hydrogens (tertiary/aromatic N) is 1. The summed E-state index contributed by atoms with van der Waals surface area (Å²) in [5, 5.41) is 2.63. The van der Waals surface area contributed by atoms with Gasteiger partial charge in [0.2, 0.25) is 0 Å². The number of benzene rings is 1. The van der Waals surface area contributed by atoms with Crippen molar-refractivity contribution < 1.29 is 14.3 Å². The molecule has 0 unspecified atom stereocenters. The molecule has 5 nitrogen and oxygen atoms in total. The van der Waals surface area contributed by atoms with Crippen molar-refractivity contribution in [3.63, 3.8) is 0 Å². The molecule has 3 saturated heterocycles. The number of anilines is 1. The van der Waals surface area contributed by atoms with E-state index in [9.17, 15) is 4.79 Å². The average Bonchev–Trinajstić information content (AvgIpc) is 3.16. The van der Waals surface area contributed by atoms with E-state index in [4.69, 9.17) is 21.7 Å². The highest BCUT2D eigenvalue weighted by molar-refractivity contribution is 8.26. The Morgan fingerprint density at radius 3 is 2.42 bits per heavy atom. The fraction of sp³-hybridized carbons (Fsp3) is 0.412. The summed E-state index contributed by atoms with van der Waals surface area (Å²) < 4.78 is 12.1. The number of rotatable bonds is 2. The van der Waals surface area contributed by atoms with Gasteiger partial charge in [-0.25, -0.2) is 0 Å². The van der Waals surface area contributed by atoms with Gasteiger partial charge in [0.05, 0.1) is 18.1 Å². The molecular weight excluding hydrogens is 344 g/mol. The molecule has 1 N–H and O–H groups in total. The first-order chi connectivity index (χ1) is 11.6. The van der Waals surface area contributed by atoms with Crippen LogP contribution in [-0.2, 0) is 14.3 Å². The van der Waals surface area contributed by atoms with Crippen molar-refractivity contribution in [1.29, 1.82) is 0 Å². The third kappa shape index (κ3) is 3.21. The number of nitrogens with one attached hydrogen (secondary N) is 1. The lowest BCUT2D eigenvalue weighted by Crippen LogP contribution is -2.45. The Morgan fingerprint density at radius 2 is 1.83 bits per heavy atom. The number of amides is 1. The number of hydrogen-bond donors (Lipinski definition) is 1. The molecule has 0 bridgehead atoms. The molecule has 1 aromatic carbocycles. The van der Waals surface area contributed by atoms with Crippen molar-refractivity contribution in [2.45, 2.75) is 18.6 Å². The van der Waals surface area contributed by atoms with Gasteiger partial charge in [-0.15, -0.1) is 0 Å². The number of carbonyl (C=O) groups excluding carboxylic acids is 1. The van der Waals surface area contributed by atoms with Crippen LogP contribution in [0, 0.1) is 0 Å². The Bertz CT molecular complexity index is 686. The molecule has 1 amide bonds. The van der Waals surface area contributed by atoms with Crippen LogP contribution in [0.5, 0.6) is 0 Å². The second kappa shape index (κ2) is 6.48. The Labute approximate surface area is 150 Å². The second-order valence-electron chi connectivity index (χ2n) is 6.04. The van der Waals surface area contributed by atoms with Gasteiger partial charge in [0, 0.05) is 31.6 Å². The Balaban J connectivity index is 1.42. The van der Waals surface area contributed by atoms with Crippen molar-refractivity contribution in [3.8, 4) is 0 Å². The number of thioether (sulfide) groups is 1. The molecule has 0 radical (unpaired) electrons. The Morgan fingerprint density at radius 1 is 1.17 bits per heavy atom. The molecular formula is C17H18N2O3S2. The van der Waals surface area contributed by atoms with E-state index in [1.165, 1.54) is 17.4 Å². The van der Waals surface area contributed by atoms with Crippen LogP contribution in [0.3, 0.4) is 0 Å². The minimum absolute atomic E-state index is 0.119. The van der Waals surface area contributed by atoms with Crippen LogP contribution >= 0.6 is 24.0 Å². The lowest BCUT2D eigenvalue weighted by molar-refractivity contribution is -0.169. The molecule has 3 fully saturated rings.